The maximum absolute atomic E-state index is 7.99. The van der Waals surface area contributed by atoms with Crippen molar-refractivity contribution in [3.63, 3.8) is 0 Å². The molecule has 20 heavy (non-hydrogen) atoms. The number of aryl methyl sites for hydroxylation is 1. The number of nitrogens with one attached hydrogen (secondary N) is 1. The van der Waals surface area contributed by atoms with Crippen LogP contribution in [0.3, 0.4) is 0 Å². The van der Waals surface area contributed by atoms with Crippen molar-refractivity contribution < 1.29 is 4.74 Å². The number of benzene rings is 1. The molecule has 2 heteroatoms. The summed E-state index contributed by atoms with van der Waals surface area (Å²) in [5, 5.41) is 7.99. The Morgan fingerprint density at radius 2 is 1.90 bits per heavy atom. The molecule has 0 bridgehead atoms. The second kappa shape index (κ2) is 5.59. The maximum atomic E-state index is 7.99. The van der Waals surface area contributed by atoms with Gasteiger partial charge in [-0.05, 0) is 55.2 Å². The minimum Gasteiger partial charge on any atom is -0.484 e. The van der Waals surface area contributed by atoms with Crippen molar-refractivity contribution in [2.24, 2.45) is 0 Å². The molecule has 1 aromatic carbocycles. The molecule has 1 saturated carbocycles. The molecule has 0 spiro atoms. The first kappa shape index (κ1) is 13.7. The van der Waals surface area contributed by atoms with Crippen molar-refractivity contribution in [2.45, 2.75) is 63.2 Å². The molecule has 0 aromatic heterocycles. The number of rotatable bonds is 3. The standard InChI is InChI=1S/C18H25NO/c1-20-17(19)13-18(11-4-5-12-18)16-10-6-8-14-7-2-3-9-15(14)16/h6,8,10,19H,2-5,7,9,11-13H2,1H3. The SMILES string of the molecule is COC(=N)CC1(c2cccc3c2CCCC3)CCCC1. The van der Waals surface area contributed by atoms with E-state index < -0.39 is 0 Å². The van der Waals surface area contributed by atoms with Gasteiger partial charge in [-0.1, -0.05) is 31.0 Å². The summed E-state index contributed by atoms with van der Waals surface area (Å²) < 4.78 is 5.19. The third-order valence-corrected chi connectivity index (χ3v) is 5.27. The highest BCUT2D eigenvalue weighted by Crippen LogP contribution is 2.46. The van der Waals surface area contributed by atoms with Crippen LogP contribution in [0.2, 0.25) is 0 Å². The molecule has 3 rings (SSSR count). The summed E-state index contributed by atoms with van der Waals surface area (Å²) in [7, 11) is 1.63. The van der Waals surface area contributed by atoms with Crippen molar-refractivity contribution in [2.75, 3.05) is 7.11 Å². The van der Waals surface area contributed by atoms with E-state index in [9.17, 15) is 0 Å². The van der Waals surface area contributed by atoms with Gasteiger partial charge in [0.15, 0.2) is 5.90 Å². The minimum absolute atomic E-state index is 0.176. The number of hydrogen-bond acceptors (Lipinski definition) is 2. The van der Waals surface area contributed by atoms with Gasteiger partial charge in [0.25, 0.3) is 0 Å². The minimum atomic E-state index is 0.176. The van der Waals surface area contributed by atoms with E-state index in [0.29, 0.717) is 5.90 Å². The van der Waals surface area contributed by atoms with Gasteiger partial charge >= 0.3 is 0 Å². The Morgan fingerprint density at radius 3 is 2.65 bits per heavy atom. The predicted octanol–water partition coefficient (Wildman–Crippen LogP) is 4.39. The summed E-state index contributed by atoms with van der Waals surface area (Å²) in [5.74, 6) is 0.445. The van der Waals surface area contributed by atoms with Gasteiger partial charge in [0.1, 0.15) is 0 Å². The Kier molecular flexibility index (Phi) is 3.82. The van der Waals surface area contributed by atoms with Gasteiger partial charge in [0, 0.05) is 11.8 Å². The largest absolute Gasteiger partial charge is 0.484 e. The van der Waals surface area contributed by atoms with Crippen LogP contribution < -0.4 is 0 Å². The van der Waals surface area contributed by atoms with E-state index >= 15 is 0 Å². The highest BCUT2D eigenvalue weighted by molar-refractivity contribution is 5.74. The van der Waals surface area contributed by atoms with Gasteiger partial charge in [0.2, 0.25) is 0 Å². The van der Waals surface area contributed by atoms with E-state index in [0.717, 1.165) is 6.42 Å². The van der Waals surface area contributed by atoms with Crippen molar-refractivity contribution >= 4 is 5.90 Å². The molecule has 0 heterocycles. The molecule has 1 aromatic rings. The molecule has 0 atom stereocenters. The Bertz CT molecular complexity index is 500. The molecule has 0 saturated heterocycles. The summed E-state index contributed by atoms with van der Waals surface area (Å²) in [4.78, 5) is 0. The van der Waals surface area contributed by atoms with Gasteiger partial charge in [-0.25, -0.2) is 0 Å². The average Bonchev–Trinajstić information content (AvgIpc) is 2.96. The number of methoxy groups -OCH3 is 1. The van der Waals surface area contributed by atoms with E-state index in [-0.39, 0.29) is 5.41 Å². The van der Waals surface area contributed by atoms with Crippen LogP contribution in [0, 0.1) is 5.41 Å². The second-order valence-electron chi connectivity index (χ2n) is 6.44. The van der Waals surface area contributed by atoms with Crippen LogP contribution in [-0.4, -0.2) is 13.0 Å². The fraction of sp³-hybridized carbons (Fsp3) is 0.611. The normalized spacial score (nSPS) is 20.4. The topological polar surface area (TPSA) is 33.1 Å². The number of hydrogen-bond donors (Lipinski definition) is 1. The zero-order chi connectivity index (χ0) is 14.0. The lowest BCUT2D eigenvalue weighted by Gasteiger charge is -2.33. The molecule has 2 aliphatic rings. The smallest absolute Gasteiger partial charge is 0.180 e. The maximum Gasteiger partial charge on any atom is 0.180 e. The molecule has 0 unspecified atom stereocenters. The van der Waals surface area contributed by atoms with Crippen LogP contribution in [0.15, 0.2) is 18.2 Å². The summed E-state index contributed by atoms with van der Waals surface area (Å²) >= 11 is 0. The zero-order valence-electron chi connectivity index (χ0n) is 12.5. The van der Waals surface area contributed by atoms with Crippen molar-refractivity contribution in [3.8, 4) is 0 Å². The first-order valence-corrected chi connectivity index (χ1v) is 7.98. The molecular weight excluding hydrogens is 246 g/mol. The Balaban J connectivity index is 2.01. The van der Waals surface area contributed by atoms with Gasteiger partial charge < -0.3 is 4.74 Å². The monoisotopic (exact) mass is 271 g/mol. The third kappa shape index (κ3) is 2.36. The number of fused-ring (bicyclic) bond motifs is 1. The summed E-state index contributed by atoms with van der Waals surface area (Å²) in [6.45, 7) is 0. The van der Waals surface area contributed by atoms with E-state index in [1.54, 1.807) is 18.2 Å². The highest BCUT2D eigenvalue weighted by Gasteiger charge is 2.39. The van der Waals surface area contributed by atoms with E-state index in [1.807, 2.05) is 0 Å². The third-order valence-electron chi connectivity index (χ3n) is 5.27. The molecular formula is C18H25NO. The van der Waals surface area contributed by atoms with E-state index in [1.165, 1.54) is 56.9 Å². The van der Waals surface area contributed by atoms with Crippen LogP contribution in [-0.2, 0) is 23.0 Å². The van der Waals surface area contributed by atoms with Crippen molar-refractivity contribution in [1.82, 2.24) is 0 Å². The highest BCUT2D eigenvalue weighted by atomic mass is 16.5. The van der Waals surface area contributed by atoms with Crippen LogP contribution in [0.1, 0.15) is 61.6 Å². The van der Waals surface area contributed by atoms with Gasteiger partial charge in [-0.2, -0.15) is 0 Å². The summed E-state index contributed by atoms with van der Waals surface area (Å²) in [6, 6.07) is 6.87. The van der Waals surface area contributed by atoms with Crippen molar-refractivity contribution in [3.05, 3.63) is 34.9 Å². The quantitative estimate of drug-likeness (QED) is 0.642. The lowest BCUT2D eigenvalue weighted by atomic mass is 9.71. The first-order valence-electron chi connectivity index (χ1n) is 7.98. The van der Waals surface area contributed by atoms with Crippen LogP contribution in [0.25, 0.3) is 0 Å². The Hall–Kier alpha value is -1.31. The van der Waals surface area contributed by atoms with Gasteiger partial charge in [0.05, 0.1) is 7.11 Å². The predicted molar refractivity (Wildman–Crippen MR) is 82.6 cm³/mol. The Morgan fingerprint density at radius 1 is 1.15 bits per heavy atom. The molecule has 1 fully saturated rings. The second-order valence-corrected chi connectivity index (χ2v) is 6.44. The van der Waals surface area contributed by atoms with Crippen molar-refractivity contribution in [1.29, 1.82) is 5.41 Å². The lowest BCUT2D eigenvalue weighted by molar-refractivity contribution is 0.348. The van der Waals surface area contributed by atoms with E-state index in [2.05, 4.69) is 18.2 Å². The first-order chi connectivity index (χ1) is 9.75. The Labute approximate surface area is 122 Å². The average molecular weight is 271 g/mol. The van der Waals surface area contributed by atoms with Crippen LogP contribution in [0.4, 0.5) is 0 Å². The summed E-state index contributed by atoms with van der Waals surface area (Å²) in [6.07, 6.45) is 10.9. The van der Waals surface area contributed by atoms with Crippen LogP contribution >= 0.6 is 0 Å². The molecule has 0 aliphatic heterocycles. The fourth-order valence-electron chi connectivity index (χ4n) is 4.25. The summed E-state index contributed by atoms with van der Waals surface area (Å²) in [5.41, 5.74) is 4.87. The molecule has 0 radical (unpaired) electrons. The molecule has 2 nitrogen and oxygen atoms in total. The van der Waals surface area contributed by atoms with Crippen LogP contribution in [0.5, 0.6) is 0 Å². The molecule has 1 N–H and O–H groups in total. The zero-order valence-corrected chi connectivity index (χ0v) is 12.5. The lowest BCUT2D eigenvalue weighted by Crippen LogP contribution is -2.28. The van der Waals surface area contributed by atoms with Gasteiger partial charge in [-0.15, -0.1) is 0 Å². The molecule has 108 valence electrons. The van der Waals surface area contributed by atoms with E-state index in [4.69, 9.17) is 10.1 Å². The number of ether oxygens (including phenoxy) is 1. The molecule has 2 aliphatic carbocycles. The molecule has 0 amide bonds. The fourth-order valence-corrected chi connectivity index (χ4v) is 4.25. The van der Waals surface area contributed by atoms with Gasteiger partial charge in [-0.3, -0.25) is 5.41 Å².